The van der Waals surface area contributed by atoms with Gasteiger partial charge in [-0.25, -0.2) is 14.6 Å². The van der Waals surface area contributed by atoms with Crippen LogP contribution in [-0.4, -0.2) is 79.7 Å². The van der Waals surface area contributed by atoms with Crippen LogP contribution in [0.4, 0.5) is 5.82 Å². The van der Waals surface area contributed by atoms with Crippen LogP contribution < -0.4 is 4.90 Å². The van der Waals surface area contributed by atoms with E-state index < -0.39 is 5.97 Å². The summed E-state index contributed by atoms with van der Waals surface area (Å²) >= 11 is 12.6. The lowest BCUT2D eigenvalue weighted by atomic mass is 9.87. The number of piperidine rings is 2. The third-order valence-corrected chi connectivity index (χ3v) is 8.64. The number of carboxylic acids is 1. The predicted molar refractivity (Wildman–Crippen MR) is 148 cm³/mol. The van der Waals surface area contributed by atoms with Gasteiger partial charge in [0, 0.05) is 54.7 Å². The number of benzene rings is 1. The number of fused-ring (bicyclic) bond motifs is 1. The summed E-state index contributed by atoms with van der Waals surface area (Å²) in [5.41, 5.74) is 3.13. The molecule has 9 nitrogen and oxygen atoms in total. The molecule has 0 aliphatic carbocycles. The number of nitrogens with zero attached hydrogens (tertiary/aromatic N) is 6. The van der Waals surface area contributed by atoms with Crippen LogP contribution in [0.15, 0.2) is 24.4 Å². The van der Waals surface area contributed by atoms with E-state index in [1.165, 1.54) is 0 Å². The fraction of sp³-hybridized carbons (Fsp3) is 0.556. The molecule has 11 heteroatoms. The van der Waals surface area contributed by atoms with E-state index in [1.54, 1.807) is 12.3 Å². The largest absolute Gasteiger partial charge is 0.481 e. The van der Waals surface area contributed by atoms with E-state index in [4.69, 9.17) is 38.3 Å². The molecule has 0 radical (unpaired) electrons. The molecule has 0 amide bonds. The van der Waals surface area contributed by atoms with E-state index in [1.807, 2.05) is 30.7 Å². The van der Waals surface area contributed by atoms with Crippen molar-refractivity contribution in [3.05, 3.63) is 45.7 Å². The van der Waals surface area contributed by atoms with Gasteiger partial charge in [0.1, 0.15) is 11.3 Å². The Morgan fingerprint density at radius 2 is 2.03 bits per heavy atom. The van der Waals surface area contributed by atoms with Gasteiger partial charge in [-0.05, 0) is 63.3 Å². The van der Waals surface area contributed by atoms with Crippen molar-refractivity contribution in [2.24, 2.45) is 11.8 Å². The lowest BCUT2D eigenvalue weighted by molar-refractivity contribution is -0.138. The summed E-state index contributed by atoms with van der Waals surface area (Å²) in [6, 6.07) is 5.52. The molecule has 4 heterocycles. The minimum atomic E-state index is -0.735. The summed E-state index contributed by atoms with van der Waals surface area (Å²) in [6.45, 7) is 7.20. The molecule has 38 heavy (non-hydrogen) atoms. The number of hydrogen-bond acceptors (Lipinski definition) is 7. The van der Waals surface area contributed by atoms with Crippen LogP contribution >= 0.6 is 23.2 Å². The molecule has 0 bridgehead atoms. The Kier molecular flexibility index (Phi) is 8.09. The first kappa shape index (κ1) is 27.1. The fourth-order valence-electron chi connectivity index (χ4n) is 6.14. The lowest BCUT2D eigenvalue weighted by Gasteiger charge is -2.46. The van der Waals surface area contributed by atoms with Crippen LogP contribution in [0.25, 0.3) is 11.2 Å². The molecular formula is C27H34Cl2N6O3. The highest BCUT2D eigenvalue weighted by Crippen LogP contribution is 2.33. The van der Waals surface area contributed by atoms with E-state index in [0.29, 0.717) is 22.2 Å². The van der Waals surface area contributed by atoms with Crippen molar-refractivity contribution in [3.8, 4) is 0 Å². The minimum absolute atomic E-state index is 0.0447. The minimum Gasteiger partial charge on any atom is -0.481 e. The number of aryl methyl sites for hydroxylation is 1. The number of anilines is 1. The second-order valence-electron chi connectivity index (χ2n) is 10.6. The van der Waals surface area contributed by atoms with Crippen LogP contribution in [0, 0.1) is 18.8 Å². The summed E-state index contributed by atoms with van der Waals surface area (Å²) in [5.74, 6) is 0.239. The van der Waals surface area contributed by atoms with Gasteiger partial charge in [-0.3, -0.25) is 9.69 Å². The number of aromatic nitrogens is 4. The second-order valence-corrected chi connectivity index (χ2v) is 11.5. The lowest BCUT2D eigenvalue weighted by Crippen LogP contribution is -2.55. The van der Waals surface area contributed by atoms with Gasteiger partial charge in [0.25, 0.3) is 0 Å². The topological polar surface area (TPSA) is 108 Å². The van der Waals surface area contributed by atoms with Gasteiger partial charge in [0.05, 0.1) is 17.9 Å². The average Bonchev–Trinajstić information content (AvgIpc) is 3.23. The van der Waals surface area contributed by atoms with Crippen LogP contribution in [-0.2, 0) is 4.79 Å². The maximum absolute atomic E-state index is 11.2. The Bertz CT molecular complexity index is 1320. The molecule has 2 saturated heterocycles. The van der Waals surface area contributed by atoms with Gasteiger partial charge in [0.15, 0.2) is 5.65 Å². The number of hydrogen-bond donors (Lipinski definition) is 2. The molecule has 2 fully saturated rings. The molecule has 2 aromatic heterocycles. The number of carbonyl (C=O) groups is 1. The van der Waals surface area contributed by atoms with Crippen LogP contribution in [0.5, 0.6) is 0 Å². The predicted octanol–water partition coefficient (Wildman–Crippen LogP) is 4.42. The number of halogens is 2. The van der Waals surface area contributed by atoms with E-state index >= 15 is 0 Å². The normalized spacial score (nSPS) is 23.6. The van der Waals surface area contributed by atoms with Gasteiger partial charge < -0.3 is 15.1 Å². The van der Waals surface area contributed by atoms with Crippen molar-refractivity contribution in [2.45, 2.75) is 51.6 Å². The first-order chi connectivity index (χ1) is 18.2. The maximum Gasteiger partial charge on any atom is 0.303 e. The van der Waals surface area contributed by atoms with Gasteiger partial charge in [-0.1, -0.05) is 29.3 Å². The van der Waals surface area contributed by atoms with E-state index in [-0.39, 0.29) is 36.9 Å². The van der Waals surface area contributed by atoms with Gasteiger partial charge in [-0.15, -0.1) is 0 Å². The monoisotopic (exact) mass is 560 g/mol. The third-order valence-electron chi connectivity index (χ3n) is 8.07. The summed E-state index contributed by atoms with van der Waals surface area (Å²) in [4.78, 5) is 25.6. The number of aliphatic hydroxyl groups excluding tert-OH is 1. The molecule has 2 N–H and O–H groups in total. The first-order valence-electron chi connectivity index (χ1n) is 13.2. The zero-order valence-electron chi connectivity index (χ0n) is 21.7. The summed E-state index contributed by atoms with van der Waals surface area (Å²) in [7, 11) is 0. The molecule has 5 rings (SSSR count). The van der Waals surface area contributed by atoms with E-state index in [9.17, 15) is 15.0 Å². The van der Waals surface area contributed by atoms with Gasteiger partial charge in [-0.2, -0.15) is 5.10 Å². The molecule has 4 atom stereocenters. The number of carboxylic acid groups (broad SMARTS) is 1. The highest BCUT2D eigenvalue weighted by molar-refractivity contribution is 6.35. The van der Waals surface area contributed by atoms with Gasteiger partial charge in [0.2, 0.25) is 0 Å². The fourth-order valence-corrected chi connectivity index (χ4v) is 6.70. The van der Waals surface area contributed by atoms with Crippen molar-refractivity contribution in [1.29, 1.82) is 0 Å². The number of likely N-dealkylation sites (tertiary alicyclic amines) is 1. The molecule has 2 aliphatic rings. The van der Waals surface area contributed by atoms with Crippen molar-refractivity contribution < 1.29 is 15.0 Å². The standard InChI is InChI=1S/C27H34Cl2N6O3/c1-16-26-27(35(32-16)17(2)21-6-5-20(28)11-22(21)29)31-24(12-30-26)34-9-7-23(19(14-34)15-36)33-8-3-4-18(13-33)10-25(37)38/h5-6,11-12,17-19,23,36H,3-4,7-10,13-15H2,1-2H3,(H,37,38)/t17-,18?,19?,23+/m1/s1. The molecule has 204 valence electrons. The zero-order chi connectivity index (χ0) is 27.0. The van der Waals surface area contributed by atoms with E-state index in [2.05, 4.69) is 9.80 Å². The van der Waals surface area contributed by atoms with Crippen LogP contribution in [0.2, 0.25) is 10.0 Å². The average molecular weight is 562 g/mol. The van der Waals surface area contributed by atoms with Crippen molar-refractivity contribution in [1.82, 2.24) is 24.6 Å². The highest BCUT2D eigenvalue weighted by atomic mass is 35.5. The highest BCUT2D eigenvalue weighted by Gasteiger charge is 2.36. The molecule has 1 aromatic carbocycles. The third kappa shape index (κ3) is 5.47. The van der Waals surface area contributed by atoms with Crippen LogP contribution in [0.1, 0.15) is 49.9 Å². The summed E-state index contributed by atoms with van der Waals surface area (Å²) in [5, 5.41) is 25.5. The van der Waals surface area contributed by atoms with Crippen molar-refractivity contribution in [3.63, 3.8) is 0 Å². The van der Waals surface area contributed by atoms with E-state index in [0.717, 1.165) is 61.5 Å². The maximum atomic E-state index is 11.2. The van der Waals surface area contributed by atoms with Crippen LogP contribution in [0.3, 0.4) is 0 Å². The molecular weight excluding hydrogens is 527 g/mol. The number of rotatable bonds is 7. The summed E-state index contributed by atoms with van der Waals surface area (Å²) in [6.07, 6.45) is 4.83. The Morgan fingerprint density at radius 3 is 2.76 bits per heavy atom. The number of aliphatic hydroxyl groups is 1. The first-order valence-corrected chi connectivity index (χ1v) is 14.0. The second kappa shape index (κ2) is 11.3. The van der Waals surface area contributed by atoms with Crippen molar-refractivity contribution in [2.75, 3.05) is 37.7 Å². The molecule has 2 aliphatic heterocycles. The number of aliphatic carboxylic acids is 1. The molecule has 3 aromatic rings. The van der Waals surface area contributed by atoms with Crippen molar-refractivity contribution >= 4 is 46.2 Å². The molecule has 0 spiro atoms. The van der Waals surface area contributed by atoms with Gasteiger partial charge >= 0.3 is 5.97 Å². The smallest absolute Gasteiger partial charge is 0.303 e. The Hall–Kier alpha value is -2.46. The quantitative estimate of drug-likeness (QED) is 0.437. The summed E-state index contributed by atoms with van der Waals surface area (Å²) < 4.78 is 1.86. The Labute approximate surface area is 232 Å². The molecule has 0 saturated carbocycles. The zero-order valence-corrected chi connectivity index (χ0v) is 23.2. The Balaban J connectivity index is 1.37. The Morgan fingerprint density at radius 1 is 1.21 bits per heavy atom. The molecule has 2 unspecified atom stereocenters. The SMILES string of the molecule is Cc1nn([C@H](C)c2ccc(Cl)cc2Cl)c2nc(N3CC[C@H](N4CCCC(CC(=O)O)C4)C(CO)C3)cnc12.